The van der Waals surface area contributed by atoms with Crippen LogP contribution in [-0.2, 0) is 10.3 Å². The second-order valence-corrected chi connectivity index (χ2v) is 9.12. The fourth-order valence-electron chi connectivity index (χ4n) is 4.61. The fraction of sp³-hybridized carbons (Fsp3) is 0.286. The van der Waals surface area contributed by atoms with E-state index in [0.29, 0.717) is 32.6 Å². The molecule has 7 nitrogen and oxygen atoms in total. The topological polar surface area (TPSA) is 93.5 Å². The normalized spacial score (nSPS) is 27.0. The number of fused-ring (bicyclic) bond motifs is 2. The molecule has 2 aliphatic heterocycles. The zero-order chi connectivity index (χ0) is 21.6. The number of carbonyl (C=O) groups is 1. The van der Waals surface area contributed by atoms with Gasteiger partial charge in [-0.05, 0) is 62.5 Å². The van der Waals surface area contributed by atoms with Crippen molar-refractivity contribution < 1.29 is 14.5 Å². The molecule has 4 rings (SSSR count). The predicted molar refractivity (Wildman–Crippen MR) is 120 cm³/mol. The van der Waals surface area contributed by atoms with Crippen molar-refractivity contribution in [3.63, 3.8) is 0 Å². The molecule has 1 saturated heterocycles. The molecule has 0 radical (unpaired) electrons. The highest BCUT2D eigenvalue weighted by atomic mass is 79.9. The molecule has 2 N–H and O–H groups in total. The molecule has 156 valence electrons. The number of para-hydroxylation sites is 1. The summed E-state index contributed by atoms with van der Waals surface area (Å²) < 4.78 is 7.00. The van der Waals surface area contributed by atoms with Crippen molar-refractivity contribution in [3.8, 4) is 5.75 Å². The van der Waals surface area contributed by atoms with Gasteiger partial charge in [0.05, 0.1) is 14.9 Å². The number of rotatable bonds is 5. The lowest BCUT2D eigenvalue weighted by Crippen LogP contribution is -2.54. The van der Waals surface area contributed by atoms with Gasteiger partial charge < -0.3 is 10.1 Å². The van der Waals surface area contributed by atoms with Crippen LogP contribution in [0, 0.1) is 10.1 Å². The maximum Gasteiger partial charge on any atom is 0.256 e. The van der Waals surface area contributed by atoms with E-state index in [2.05, 4.69) is 49.1 Å². The number of nitrogens with zero attached hydrogens (tertiary/aromatic N) is 1. The number of hydrogen-bond acceptors (Lipinski definition) is 5. The van der Waals surface area contributed by atoms with Gasteiger partial charge in [0.25, 0.3) is 11.9 Å². The summed E-state index contributed by atoms with van der Waals surface area (Å²) in [6, 6.07) is 9.25. The summed E-state index contributed by atoms with van der Waals surface area (Å²) in [7, 11) is 0. The first-order valence-corrected chi connectivity index (χ1v) is 10.9. The van der Waals surface area contributed by atoms with Crippen LogP contribution in [0.25, 0.3) is 0 Å². The molecule has 30 heavy (non-hydrogen) atoms. The molecule has 0 saturated carbocycles. The monoisotopic (exact) mass is 535 g/mol. The Labute approximate surface area is 190 Å². The Hall–Kier alpha value is -2.23. The molecule has 0 aliphatic carbocycles. The molecule has 2 aromatic carbocycles. The number of hydrogen-bond donors (Lipinski definition) is 2. The first-order valence-electron chi connectivity index (χ1n) is 9.36. The van der Waals surface area contributed by atoms with Gasteiger partial charge >= 0.3 is 0 Å². The number of nitrogens with one attached hydrogen (secondary N) is 2. The third-order valence-corrected chi connectivity index (χ3v) is 6.89. The highest BCUT2D eigenvalue weighted by molar-refractivity contribution is 9.11. The summed E-state index contributed by atoms with van der Waals surface area (Å²) >= 11 is 7.01. The van der Waals surface area contributed by atoms with Gasteiger partial charge in [-0.2, -0.15) is 0 Å². The lowest BCUT2D eigenvalue weighted by atomic mass is 9.78. The number of nitro groups is 1. The van der Waals surface area contributed by atoms with Crippen molar-refractivity contribution in [2.45, 2.75) is 30.5 Å². The van der Waals surface area contributed by atoms with Crippen LogP contribution in [-0.4, -0.2) is 29.5 Å². The van der Waals surface area contributed by atoms with E-state index in [9.17, 15) is 14.9 Å². The zero-order valence-corrected chi connectivity index (χ0v) is 19.2. The quantitative estimate of drug-likeness (QED) is 0.337. The lowest BCUT2D eigenvalue weighted by molar-refractivity contribution is -0.532. The molecule has 2 heterocycles. The van der Waals surface area contributed by atoms with Crippen molar-refractivity contribution in [2.75, 3.05) is 11.9 Å². The van der Waals surface area contributed by atoms with E-state index in [4.69, 9.17) is 4.74 Å². The molecule has 9 heteroatoms. The van der Waals surface area contributed by atoms with Crippen LogP contribution >= 0.6 is 31.9 Å². The van der Waals surface area contributed by atoms with Crippen molar-refractivity contribution in [1.29, 1.82) is 0 Å². The number of amides is 1. The van der Waals surface area contributed by atoms with Gasteiger partial charge in [-0.3, -0.25) is 20.2 Å². The van der Waals surface area contributed by atoms with Crippen molar-refractivity contribution >= 4 is 43.5 Å². The third-order valence-electron chi connectivity index (χ3n) is 5.71. The minimum absolute atomic E-state index is 0.323. The first-order chi connectivity index (χ1) is 14.3. The molecule has 0 bridgehead atoms. The van der Waals surface area contributed by atoms with Crippen LogP contribution in [0.4, 0.5) is 5.69 Å². The Balaban J connectivity index is 1.83. The summed E-state index contributed by atoms with van der Waals surface area (Å²) in [4.78, 5) is 25.1. The van der Waals surface area contributed by atoms with Gasteiger partial charge in [0.15, 0.2) is 5.54 Å². The summed E-state index contributed by atoms with van der Waals surface area (Å²) in [5.41, 5.74) is 0.511. The van der Waals surface area contributed by atoms with Crippen molar-refractivity contribution in [1.82, 2.24) is 5.32 Å². The van der Waals surface area contributed by atoms with Gasteiger partial charge in [-0.15, -0.1) is 0 Å². The van der Waals surface area contributed by atoms with E-state index < -0.39 is 23.4 Å². The number of benzene rings is 2. The molecule has 1 spiro atoms. The molecule has 2 aliphatic rings. The standard InChI is InChI=1S/C21H19Br2N3O4/c1-3-8-30-18-14(22)9-12(10-15(18)23)17-11(2)25-21(19(17)26(28)29)13-6-4-5-7-16(13)24-20(21)27/h3-7,9-11,17,19,25H,1,8H2,2H3,(H,24,27)/t11-,17-,19-,21+/m0/s1. The highest BCUT2D eigenvalue weighted by Crippen LogP contribution is 2.50. The third kappa shape index (κ3) is 3.07. The number of ether oxygens (including phenoxy) is 1. The molecule has 0 unspecified atom stereocenters. The minimum atomic E-state index is -1.43. The van der Waals surface area contributed by atoms with Gasteiger partial charge in [0, 0.05) is 22.2 Å². The van der Waals surface area contributed by atoms with E-state index in [1.54, 1.807) is 30.3 Å². The Morgan fingerprint density at radius 3 is 2.60 bits per heavy atom. The number of halogens is 2. The van der Waals surface area contributed by atoms with Gasteiger partial charge in [0.1, 0.15) is 12.4 Å². The average Bonchev–Trinajstić information content (AvgIpc) is 3.16. The fourth-order valence-corrected chi connectivity index (χ4v) is 6.06. The molecule has 0 aromatic heterocycles. The smallest absolute Gasteiger partial charge is 0.256 e. The summed E-state index contributed by atoms with van der Waals surface area (Å²) in [5.74, 6) is -0.352. The van der Waals surface area contributed by atoms with Crippen LogP contribution in [0.2, 0.25) is 0 Å². The largest absolute Gasteiger partial charge is 0.487 e. The van der Waals surface area contributed by atoms with Gasteiger partial charge in [-0.1, -0.05) is 30.9 Å². The molecule has 4 atom stereocenters. The summed E-state index contributed by atoms with van der Waals surface area (Å²) in [6.07, 6.45) is 1.64. The van der Waals surface area contributed by atoms with E-state index in [1.165, 1.54) is 0 Å². The van der Waals surface area contributed by atoms with Crippen LogP contribution in [0.15, 0.2) is 58.0 Å². The lowest BCUT2D eigenvalue weighted by Gasteiger charge is -2.25. The van der Waals surface area contributed by atoms with Gasteiger partial charge in [-0.25, -0.2) is 0 Å². The van der Waals surface area contributed by atoms with Crippen molar-refractivity contribution in [3.05, 3.63) is 79.2 Å². The SMILES string of the molecule is C=CCOc1c(Br)cc([C@@H]2[C@H](C)N[C@@]3(C(=O)Nc4ccccc43)[C@H]2[N+](=O)[O-])cc1Br. The molecule has 1 fully saturated rings. The van der Waals surface area contributed by atoms with Crippen LogP contribution in [0.1, 0.15) is 24.0 Å². The van der Waals surface area contributed by atoms with E-state index >= 15 is 0 Å². The maximum atomic E-state index is 13.1. The summed E-state index contributed by atoms with van der Waals surface area (Å²) in [6.45, 7) is 5.84. The van der Waals surface area contributed by atoms with Gasteiger partial charge in [0.2, 0.25) is 0 Å². The maximum absolute atomic E-state index is 13.1. The molecule has 2 aromatic rings. The van der Waals surface area contributed by atoms with E-state index in [0.717, 1.165) is 5.56 Å². The highest BCUT2D eigenvalue weighted by Gasteiger charge is 2.67. The zero-order valence-electron chi connectivity index (χ0n) is 16.0. The summed E-state index contributed by atoms with van der Waals surface area (Å²) in [5, 5.41) is 18.4. The average molecular weight is 537 g/mol. The number of carbonyl (C=O) groups excluding carboxylic acids is 1. The second-order valence-electron chi connectivity index (χ2n) is 7.41. The molecule has 1 amide bonds. The van der Waals surface area contributed by atoms with Crippen LogP contribution in [0.5, 0.6) is 5.75 Å². The van der Waals surface area contributed by atoms with Crippen LogP contribution < -0.4 is 15.4 Å². The minimum Gasteiger partial charge on any atom is -0.487 e. The Morgan fingerprint density at radius 2 is 1.97 bits per heavy atom. The Bertz CT molecular complexity index is 1040. The van der Waals surface area contributed by atoms with E-state index in [1.807, 2.05) is 19.1 Å². The Kier molecular flexibility index (Phi) is 5.46. The molecular formula is C21H19Br2N3O4. The number of anilines is 1. The second kappa shape index (κ2) is 7.79. The predicted octanol–water partition coefficient (Wildman–Crippen LogP) is 4.34. The van der Waals surface area contributed by atoms with E-state index in [-0.39, 0.29) is 11.0 Å². The van der Waals surface area contributed by atoms with Crippen LogP contribution in [0.3, 0.4) is 0 Å². The van der Waals surface area contributed by atoms with Crippen molar-refractivity contribution in [2.24, 2.45) is 0 Å². The molecular weight excluding hydrogens is 518 g/mol. The first kappa shape index (κ1) is 21.0. The Morgan fingerprint density at radius 1 is 1.30 bits per heavy atom.